The zero-order valence-electron chi connectivity index (χ0n) is 16.2. The Kier molecular flexibility index (Phi) is 6.74. The second-order valence-corrected chi connectivity index (χ2v) is 6.85. The van der Waals surface area contributed by atoms with Crippen molar-refractivity contribution in [3.63, 3.8) is 0 Å². The van der Waals surface area contributed by atoms with Crippen LogP contribution in [0, 0.1) is 17.0 Å². The van der Waals surface area contributed by atoms with Gasteiger partial charge in [-0.05, 0) is 49.4 Å². The Morgan fingerprint density at radius 2 is 1.68 bits per heavy atom. The number of ether oxygens (including phenoxy) is 1. The number of nitro groups is 1. The molecule has 1 amide bonds. The van der Waals surface area contributed by atoms with E-state index in [0.717, 1.165) is 5.56 Å². The standard InChI is InChI=1S/C22H16ClN3O5/c1-14-5-7-16(8-6-14)22(28)31-20-17(3-2-4-19(20)26(29)30)13-24-25-21(27)15-9-11-18(23)12-10-15/h2-13H,1H3,(H,25,27)/b24-13+. The van der Waals surface area contributed by atoms with Gasteiger partial charge in [0.05, 0.1) is 16.7 Å². The molecule has 9 heteroatoms. The molecule has 3 aromatic carbocycles. The Labute approximate surface area is 182 Å². The van der Waals surface area contributed by atoms with Crippen molar-refractivity contribution in [2.75, 3.05) is 0 Å². The van der Waals surface area contributed by atoms with E-state index in [1.807, 2.05) is 6.92 Å². The van der Waals surface area contributed by atoms with Gasteiger partial charge in [0.2, 0.25) is 5.75 Å². The van der Waals surface area contributed by atoms with Crippen LogP contribution < -0.4 is 10.2 Å². The number of nitro benzene ring substituents is 1. The lowest BCUT2D eigenvalue weighted by Crippen LogP contribution is -2.17. The van der Waals surface area contributed by atoms with E-state index in [1.54, 1.807) is 36.4 Å². The summed E-state index contributed by atoms with van der Waals surface area (Å²) < 4.78 is 5.32. The van der Waals surface area contributed by atoms with Gasteiger partial charge in [0.1, 0.15) is 0 Å². The third kappa shape index (κ3) is 5.52. The average Bonchev–Trinajstić information content (AvgIpc) is 2.75. The molecule has 0 aliphatic rings. The molecule has 0 aliphatic carbocycles. The molecule has 0 atom stereocenters. The second kappa shape index (κ2) is 9.64. The fraction of sp³-hybridized carbons (Fsp3) is 0.0455. The number of para-hydroxylation sites is 1. The topological polar surface area (TPSA) is 111 Å². The molecule has 31 heavy (non-hydrogen) atoms. The van der Waals surface area contributed by atoms with Crippen LogP contribution in [0.25, 0.3) is 0 Å². The van der Waals surface area contributed by atoms with Crippen molar-refractivity contribution in [3.05, 3.63) is 104 Å². The van der Waals surface area contributed by atoms with Gasteiger partial charge in [-0.1, -0.05) is 35.4 Å². The molecule has 8 nitrogen and oxygen atoms in total. The summed E-state index contributed by atoms with van der Waals surface area (Å²) in [6, 6.07) is 16.8. The number of hydrazone groups is 1. The van der Waals surface area contributed by atoms with Crippen molar-refractivity contribution in [3.8, 4) is 5.75 Å². The van der Waals surface area contributed by atoms with Gasteiger partial charge in [0.15, 0.2) is 0 Å². The van der Waals surface area contributed by atoms with Crippen LogP contribution in [0.1, 0.15) is 31.8 Å². The van der Waals surface area contributed by atoms with E-state index in [0.29, 0.717) is 10.6 Å². The molecule has 0 saturated heterocycles. The maximum absolute atomic E-state index is 12.5. The number of halogens is 1. The number of carbonyl (C=O) groups excluding carboxylic acids is 2. The Bertz CT molecular complexity index is 1160. The quantitative estimate of drug-likeness (QED) is 0.200. The van der Waals surface area contributed by atoms with Crippen LogP contribution in [0.4, 0.5) is 5.69 Å². The molecule has 0 unspecified atom stereocenters. The highest BCUT2D eigenvalue weighted by Crippen LogP contribution is 2.30. The van der Waals surface area contributed by atoms with Crippen molar-refractivity contribution in [1.29, 1.82) is 0 Å². The molecule has 0 aromatic heterocycles. The van der Waals surface area contributed by atoms with Gasteiger partial charge in [-0.25, -0.2) is 10.2 Å². The van der Waals surface area contributed by atoms with Crippen LogP contribution in [0.3, 0.4) is 0 Å². The molecule has 3 rings (SSSR count). The van der Waals surface area contributed by atoms with E-state index in [1.165, 1.54) is 36.5 Å². The fourth-order valence-electron chi connectivity index (χ4n) is 2.57. The van der Waals surface area contributed by atoms with Gasteiger partial charge >= 0.3 is 11.7 Å². The van der Waals surface area contributed by atoms with Crippen molar-refractivity contribution >= 4 is 35.4 Å². The van der Waals surface area contributed by atoms with Crippen LogP contribution in [0.5, 0.6) is 5.75 Å². The van der Waals surface area contributed by atoms with E-state index in [4.69, 9.17) is 16.3 Å². The van der Waals surface area contributed by atoms with E-state index in [-0.39, 0.29) is 16.9 Å². The number of nitrogens with one attached hydrogen (secondary N) is 1. The molecule has 0 fully saturated rings. The lowest BCUT2D eigenvalue weighted by molar-refractivity contribution is -0.385. The van der Waals surface area contributed by atoms with Crippen LogP contribution in [-0.4, -0.2) is 23.0 Å². The van der Waals surface area contributed by atoms with E-state index < -0.39 is 22.5 Å². The SMILES string of the molecule is Cc1ccc(C(=O)Oc2c(/C=N/NC(=O)c3ccc(Cl)cc3)cccc2[N+](=O)[O-])cc1. The Balaban J connectivity index is 1.83. The Morgan fingerprint density at radius 3 is 2.32 bits per heavy atom. The van der Waals surface area contributed by atoms with Crippen molar-refractivity contribution < 1.29 is 19.2 Å². The number of nitrogens with zero attached hydrogens (tertiary/aromatic N) is 2. The molecule has 0 spiro atoms. The van der Waals surface area contributed by atoms with Gasteiger partial charge in [0, 0.05) is 22.2 Å². The number of benzene rings is 3. The summed E-state index contributed by atoms with van der Waals surface area (Å²) in [5.41, 5.74) is 3.56. The van der Waals surface area contributed by atoms with Crippen molar-refractivity contribution in [2.45, 2.75) is 6.92 Å². The number of aryl methyl sites for hydroxylation is 1. The molecule has 1 N–H and O–H groups in total. The second-order valence-electron chi connectivity index (χ2n) is 6.41. The highest BCUT2D eigenvalue weighted by Gasteiger charge is 2.22. The third-order valence-corrected chi connectivity index (χ3v) is 4.43. The Morgan fingerprint density at radius 1 is 1.03 bits per heavy atom. The number of carbonyl (C=O) groups is 2. The summed E-state index contributed by atoms with van der Waals surface area (Å²) >= 11 is 5.79. The summed E-state index contributed by atoms with van der Waals surface area (Å²) in [4.78, 5) is 35.4. The number of rotatable bonds is 6. The lowest BCUT2D eigenvalue weighted by Gasteiger charge is -2.08. The minimum atomic E-state index is -0.755. The van der Waals surface area contributed by atoms with Crippen LogP contribution >= 0.6 is 11.6 Å². The predicted octanol–water partition coefficient (Wildman–Crippen LogP) is 4.54. The van der Waals surface area contributed by atoms with Crippen molar-refractivity contribution in [1.82, 2.24) is 5.43 Å². The molecule has 0 radical (unpaired) electrons. The highest BCUT2D eigenvalue weighted by molar-refractivity contribution is 6.30. The summed E-state index contributed by atoms with van der Waals surface area (Å²) in [7, 11) is 0. The molecular formula is C22H16ClN3O5. The number of esters is 1. The Hall–Kier alpha value is -4.04. The molecule has 0 heterocycles. The molecular weight excluding hydrogens is 422 g/mol. The first-order valence-corrected chi connectivity index (χ1v) is 9.38. The first kappa shape index (κ1) is 21.7. The molecule has 156 valence electrons. The molecule has 0 saturated carbocycles. The van der Waals surface area contributed by atoms with Crippen LogP contribution in [0.15, 0.2) is 71.8 Å². The largest absolute Gasteiger partial charge is 0.415 e. The van der Waals surface area contributed by atoms with Gasteiger partial charge in [-0.15, -0.1) is 0 Å². The van der Waals surface area contributed by atoms with E-state index in [9.17, 15) is 19.7 Å². The number of amides is 1. The zero-order valence-corrected chi connectivity index (χ0v) is 17.0. The number of hydrogen-bond donors (Lipinski definition) is 1. The third-order valence-electron chi connectivity index (χ3n) is 4.18. The molecule has 0 bridgehead atoms. The molecule has 0 aliphatic heterocycles. The maximum atomic E-state index is 12.5. The average molecular weight is 438 g/mol. The van der Waals surface area contributed by atoms with Crippen molar-refractivity contribution in [2.24, 2.45) is 5.10 Å². The zero-order chi connectivity index (χ0) is 22.4. The van der Waals surface area contributed by atoms with Gasteiger partial charge in [-0.3, -0.25) is 14.9 Å². The summed E-state index contributed by atoms with van der Waals surface area (Å²) in [5.74, 6) is -1.53. The molecule has 3 aromatic rings. The smallest absolute Gasteiger partial charge is 0.343 e. The minimum absolute atomic E-state index is 0.145. The predicted molar refractivity (Wildman–Crippen MR) is 116 cm³/mol. The fourth-order valence-corrected chi connectivity index (χ4v) is 2.69. The lowest BCUT2D eigenvalue weighted by atomic mass is 10.1. The van der Waals surface area contributed by atoms with Crippen LogP contribution in [0.2, 0.25) is 5.02 Å². The summed E-state index contributed by atoms with van der Waals surface area (Å²) in [6.45, 7) is 1.87. The summed E-state index contributed by atoms with van der Waals surface area (Å²) in [6.07, 6.45) is 1.17. The maximum Gasteiger partial charge on any atom is 0.343 e. The first-order valence-electron chi connectivity index (χ1n) is 9.00. The number of hydrogen-bond acceptors (Lipinski definition) is 6. The van der Waals surface area contributed by atoms with Gasteiger partial charge < -0.3 is 4.74 Å². The monoisotopic (exact) mass is 437 g/mol. The van der Waals surface area contributed by atoms with E-state index in [2.05, 4.69) is 10.5 Å². The summed E-state index contributed by atoms with van der Waals surface area (Å²) in [5, 5.41) is 15.7. The highest BCUT2D eigenvalue weighted by atomic mass is 35.5. The first-order chi connectivity index (χ1) is 14.8. The van der Waals surface area contributed by atoms with Crippen LogP contribution in [-0.2, 0) is 0 Å². The normalized spacial score (nSPS) is 10.6. The van der Waals surface area contributed by atoms with Gasteiger partial charge in [-0.2, -0.15) is 5.10 Å². The minimum Gasteiger partial charge on any atom is -0.415 e. The van der Waals surface area contributed by atoms with Gasteiger partial charge in [0.25, 0.3) is 5.91 Å². The van der Waals surface area contributed by atoms with E-state index >= 15 is 0 Å².